The molecule has 1 aliphatic rings. The van der Waals surface area contributed by atoms with Crippen LogP contribution in [0.5, 0.6) is 0 Å². The molecule has 4 N–H and O–H groups in total. The highest BCUT2D eigenvalue weighted by molar-refractivity contribution is 8.01. The normalized spacial score (nSPS) is 19.0. The van der Waals surface area contributed by atoms with E-state index in [1.54, 1.807) is 25.1 Å². The average Bonchev–Trinajstić information content (AvgIpc) is 2.24. The van der Waals surface area contributed by atoms with Crippen LogP contribution in [0.2, 0.25) is 0 Å². The topological polar surface area (TPSA) is 89.4 Å². The SMILES string of the molecule is CC1Sc2cc(N)ccc2N(CC(N)=O)C1=O. The Bertz CT molecular complexity index is 490. The van der Waals surface area contributed by atoms with Crippen LogP contribution in [-0.4, -0.2) is 23.6 Å². The van der Waals surface area contributed by atoms with Gasteiger partial charge < -0.3 is 16.4 Å². The van der Waals surface area contributed by atoms with Gasteiger partial charge in [0.1, 0.15) is 6.54 Å². The van der Waals surface area contributed by atoms with E-state index in [1.807, 2.05) is 0 Å². The Labute approximate surface area is 103 Å². The van der Waals surface area contributed by atoms with Crippen molar-refractivity contribution in [2.45, 2.75) is 17.1 Å². The number of anilines is 2. The first-order chi connectivity index (χ1) is 7.99. The number of hydrogen-bond donors (Lipinski definition) is 2. The monoisotopic (exact) mass is 251 g/mol. The molecule has 1 aromatic carbocycles. The van der Waals surface area contributed by atoms with Gasteiger partial charge in [-0.25, -0.2) is 0 Å². The molecule has 1 atom stereocenters. The lowest BCUT2D eigenvalue weighted by Crippen LogP contribution is -2.44. The summed E-state index contributed by atoms with van der Waals surface area (Å²) in [5, 5.41) is -0.233. The molecule has 0 bridgehead atoms. The first-order valence-electron chi connectivity index (χ1n) is 5.15. The fourth-order valence-corrected chi connectivity index (χ4v) is 2.86. The van der Waals surface area contributed by atoms with Gasteiger partial charge in [0.15, 0.2) is 0 Å². The Kier molecular flexibility index (Phi) is 2.97. The molecule has 2 rings (SSSR count). The first-order valence-corrected chi connectivity index (χ1v) is 6.03. The number of carbonyl (C=O) groups excluding carboxylic acids is 2. The number of amides is 2. The van der Waals surface area contributed by atoms with Crippen LogP contribution in [0.15, 0.2) is 23.1 Å². The van der Waals surface area contributed by atoms with E-state index in [0.717, 1.165) is 4.90 Å². The molecule has 0 saturated heterocycles. The number of thioether (sulfide) groups is 1. The molecule has 0 fully saturated rings. The highest BCUT2D eigenvalue weighted by Crippen LogP contribution is 2.39. The molecule has 0 radical (unpaired) electrons. The maximum Gasteiger partial charge on any atom is 0.240 e. The van der Waals surface area contributed by atoms with Crippen molar-refractivity contribution < 1.29 is 9.59 Å². The van der Waals surface area contributed by atoms with Crippen molar-refractivity contribution in [3.63, 3.8) is 0 Å². The number of rotatable bonds is 2. The number of nitrogens with zero attached hydrogens (tertiary/aromatic N) is 1. The van der Waals surface area contributed by atoms with Crippen LogP contribution in [0.4, 0.5) is 11.4 Å². The van der Waals surface area contributed by atoms with E-state index in [0.29, 0.717) is 11.4 Å². The molecule has 17 heavy (non-hydrogen) atoms. The molecule has 5 nitrogen and oxygen atoms in total. The summed E-state index contributed by atoms with van der Waals surface area (Å²) in [6.07, 6.45) is 0. The van der Waals surface area contributed by atoms with Crippen LogP contribution >= 0.6 is 11.8 Å². The van der Waals surface area contributed by atoms with E-state index >= 15 is 0 Å². The van der Waals surface area contributed by atoms with Gasteiger partial charge >= 0.3 is 0 Å². The molecule has 1 aliphatic heterocycles. The van der Waals surface area contributed by atoms with E-state index in [-0.39, 0.29) is 17.7 Å². The Morgan fingerprint density at radius 2 is 2.24 bits per heavy atom. The lowest BCUT2D eigenvalue weighted by Gasteiger charge is -2.31. The molecular formula is C11H13N3O2S. The third-order valence-electron chi connectivity index (χ3n) is 2.51. The Hall–Kier alpha value is -1.69. The van der Waals surface area contributed by atoms with Gasteiger partial charge in [0.05, 0.1) is 10.9 Å². The molecule has 90 valence electrons. The average molecular weight is 251 g/mol. The van der Waals surface area contributed by atoms with E-state index in [9.17, 15) is 9.59 Å². The Balaban J connectivity index is 2.45. The lowest BCUT2D eigenvalue weighted by atomic mass is 10.2. The fourth-order valence-electron chi connectivity index (χ4n) is 1.75. The minimum atomic E-state index is -0.528. The molecule has 2 amide bonds. The van der Waals surface area contributed by atoms with Gasteiger partial charge in [0, 0.05) is 10.6 Å². The number of fused-ring (bicyclic) bond motifs is 1. The van der Waals surface area contributed by atoms with Crippen molar-refractivity contribution in [1.82, 2.24) is 0 Å². The van der Waals surface area contributed by atoms with Crippen molar-refractivity contribution in [3.8, 4) is 0 Å². The van der Waals surface area contributed by atoms with E-state index in [4.69, 9.17) is 11.5 Å². The standard InChI is InChI=1S/C11H13N3O2S/c1-6-11(16)14(5-10(13)15)8-3-2-7(12)4-9(8)17-6/h2-4,6H,5,12H2,1H3,(H2,13,15). The van der Waals surface area contributed by atoms with Crippen LogP contribution in [-0.2, 0) is 9.59 Å². The van der Waals surface area contributed by atoms with Gasteiger partial charge in [-0.15, -0.1) is 11.8 Å². The van der Waals surface area contributed by atoms with Crippen LogP contribution in [0.25, 0.3) is 0 Å². The fraction of sp³-hybridized carbons (Fsp3) is 0.273. The number of nitrogens with two attached hydrogens (primary N) is 2. The van der Waals surface area contributed by atoms with E-state index in [1.165, 1.54) is 16.7 Å². The van der Waals surface area contributed by atoms with Gasteiger partial charge in [0.25, 0.3) is 0 Å². The Morgan fingerprint density at radius 1 is 1.53 bits per heavy atom. The molecule has 1 aromatic rings. The quantitative estimate of drug-likeness (QED) is 0.752. The molecule has 1 unspecified atom stereocenters. The summed E-state index contributed by atoms with van der Waals surface area (Å²) < 4.78 is 0. The Morgan fingerprint density at radius 3 is 2.88 bits per heavy atom. The molecular weight excluding hydrogens is 238 g/mol. The molecule has 0 aromatic heterocycles. The largest absolute Gasteiger partial charge is 0.399 e. The summed E-state index contributed by atoms with van der Waals surface area (Å²) >= 11 is 1.44. The first kappa shape index (κ1) is 11.8. The summed E-state index contributed by atoms with van der Waals surface area (Å²) in [6, 6.07) is 5.25. The van der Waals surface area contributed by atoms with Gasteiger partial charge in [0.2, 0.25) is 11.8 Å². The van der Waals surface area contributed by atoms with Crippen molar-refractivity contribution in [1.29, 1.82) is 0 Å². The summed E-state index contributed by atoms with van der Waals surface area (Å²) in [6.45, 7) is 1.70. The second-order valence-corrected chi connectivity index (χ2v) is 5.26. The molecule has 6 heteroatoms. The molecule has 0 spiro atoms. The molecule has 0 aliphatic carbocycles. The van der Waals surface area contributed by atoms with Crippen molar-refractivity contribution in [3.05, 3.63) is 18.2 Å². The number of primary amides is 1. The summed E-state index contributed by atoms with van der Waals surface area (Å²) in [4.78, 5) is 25.3. The second-order valence-electron chi connectivity index (χ2n) is 3.88. The smallest absolute Gasteiger partial charge is 0.240 e. The highest BCUT2D eigenvalue weighted by atomic mass is 32.2. The zero-order chi connectivity index (χ0) is 12.6. The predicted octanol–water partition coefficient (Wildman–Crippen LogP) is 0.581. The van der Waals surface area contributed by atoms with E-state index < -0.39 is 5.91 Å². The molecule has 1 heterocycles. The van der Waals surface area contributed by atoms with Crippen LogP contribution in [0.3, 0.4) is 0 Å². The minimum Gasteiger partial charge on any atom is -0.399 e. The summed E-state index contributed by atoms with van der Waals surface area (Å²) in [7, 11) is 0. The minimum absolute atomic E-state index is 0.0966. The van der Waals surface area contributed by atoms with Gasteiger partial charge in [-0.3, -0.25) is 9.59 Å². The number of benzene rings is 1. The maximum atomic E-state index is 12.0. The van der Waals surface area contributed by atoms with Crippen molar-refractivity contribution >= 4 is 35.0 Å². The molecule has 0 saturated carbocycles. The third-order valence-corrected chi connectivity index (χ3v) is 3.64. The van der Waals surface area contributed by atoms with Crippen molar-refractivity contribution in [2.24, 2.45) is 5.73 Å². The van der Waals surface area contributed by atoms with Crippen LogP contribution < -0.4 is 16.4 Å². The summed E-state index contributed by atoms with van der Waals surface area (Å²) in [5.41, 5.74) is 12.2. The third kappa shape index (κ3) is 2.21. The zero-order valence-electron chi connectivity index (χ0n) is 9.34. The van der Waals surface area contributed by atoms with Gasteiger partial charge in [-0.1, -0.05) is 0 Å². The zero-order valence-corrected chi connectivity index (χ0v) is 10.2. The van der Waals surface area contributed by atoms with Gasteiger partial charge in [-0.2, -0.15) is 0 Å². The van der Waals surface area contributed by atoms with Crippen LogP contribution in [0, 0.1) is 0 Å². The number of hydrogen-bond acceptors (Lipinski definition) is 4. The maximum absolute atomic E-state index is 12.0. The highest BCUT2D eigenvalue weighted by Gasteiger charge is 2.31. The van der Waals surface area contributed by atoms with Crippen molar-refractivity contribution in [2.75, 3.05) is 17.2 Å². The lowest BCUT2D eigenvalue weighted by molar-refractivity contribution is -0.122. The number of nitrogen functional groups attached to an aromatic ring is 1. The summed E-state index contributed by atoms with van der Waals surface area (Å²) in [5.74, 6) is -0.633. The number of carbonyl (C=O) groups is 2. The van der Waals surface area contributed by atoms with Crippen LogP contribution in [0.1, 0.15) is 6.92 Å². The second kappa shape index (κ2) is 4.29. The predicted molar refractivity (Wildman–Crippen MR) is 67.7 cm³/mol. The van der Waals surface area contributed by atoms with E-state index in [2.05, 4.69) is 0 Å². The van der Waals surface area contributed by atoms with Gasteiger partial charge in [-0.05, 0) is 25.1 Å².